The monoisotopic (exact) mass is 402 g/mol. The van der Waals surface area contributed by atoms with Crippen LogP contribution in [0.3, 0.4) is 0 Å². The first-order valence-corrected chi connectivity index (χ1v) is 10.3. The molecule has 0 aromatic heterocycles. The van der Waals surface area contributed by atoms with E-state index in [1.807, 2.05) is 36.4 Å². The van der Waals surface area contributed by atoms with Gasteiger partial charge in [-0.1, -0.05) is 37.3 Å². The normalized spacial score (nSPS) is 20.8. The fourth-order valence-corrected chi connectivity index (χ4v) is 3.29. The lowest BCUT2D eigenvalue weighted by Crippen LogP contribution is -2.28. The van der Waals surface area contributed by atoms with Crippen LogP contribution in [0.2, 0.25) is 0 Å². The number of ketones is 1. The van der Waals surface area contributed by atoms with Gasteiger partial charge in [0.25, 0.3) is 0 Å². The number of rotatable bonds is 10. The van der Waals surface area contributed by atoms with E-state index in [1.54, 1.807) is 13.0 Å². The molecule has 1 aromatic carbocycles. The number of thiol groups is 1. The molecule has 1 fully saturated rings. The Morgan fingerprint density at radius 3 is 2.79 bits per heavy atom. The maximum Gasteiger partial charge on any atom is 0.213 e. The summed E-state index contributed by atoms with van der Waals surface area (Å²) in [7, 11) is 0. The molecule has 3 atom stereocenters. The highest BCUT2D eigenvalue weighted by Gasteiger charge is 2.31. The number of Topliss-reactive ketones (excluding diaryl/α,β-unsaturated/α-hetero) is 1. The van der Waals surface area contributed by atoms with Gasteiger partial charge in [-0.15, -0.1) is 18.4 Å². The standard InChI is InChI=1S/C23H30O4S/c1-18(23(25,26)28)10-4-2-7-14-21-19(15-16-22(21)24)11-8-9-17-27-20-12-5-3-6-13-20/h3-8,11-13,18-19,21,25-26,28H,9-10,14-17H2,1H3/b11-8+/t2?,18?,19-,21+/m0/s1. The summed E-state index contributed by atoms with van der Waals surface area (Å²) in [4.78, 5) is 12.2. The van der Waals surface area contributed by atoms with Gasteiger partial charge in [-0.2, -0.15) is 0 Å². The molecule has 2 N–H and O–H groups in total. The zero-order chi connectivity index (χ0) is 20.4. The lowest BCUT2D eigenvalue weighted by Gasteiger charge is -2.21. The van der Waals surface area contributed by atoms with Gasteiger partial charge < -0.3 is 14.9 Å². The molecule has 1 aliphatic rings. The Hall–Kier alpha value is -1.78. The van der Waals surface area contributed by atoms with E-state index in [0.717, 1.165) is 18.6 Å². The van der Waals surface area contributed by atoms with Gasteiger partial charge >= 0.3 is 0 Å². The van der Waals surface area contributed by atoms with E-state index in [1.165, 1.54) is 0 Å². The molecule has 0 amide bonds. The summed E-state index contributed by atoms with van der Waals surface area (Å²) >= 11 is 3.73. The van der Waals surface area contributed by atoms with Crippen LogP contribution < -0.4 is 4.74 Å². The fourth-order valence-electron chi connectivity index (χ4n) is 3.18. The van der Waals surface area contributed by atoms with E-state index in [4.69, 9.17) is 4.74 Å². The topological polar surface area (TPSA) is 66.8 Å². The maximum absolute atomic E-state index is 12.2. The predicted octanol–water partition coefficient (Wildman–Crippen LogP) is 4.30. The Balaban J connectivity index is 1.76. The highest BCUT2D eigenvalue weighted by atomic mass is 32.1. The molecule has 0 bridgehead atoms. The number of carbonyl (C=O) groups excluding carboxylic acids is 1. The molecule has 5 heteroatoms. The summed E-state index contributed by atoms with van der Waals surface area (Å²) in [5.74, 6) is 1.04. The number of aliphatic hydroxyl groups is 2. The SMILES string of the molecule is CC(CC=C=CC[C@H]1C(=O)CC[C@@H]1/C=C/CCOc1ccccc1)C(O)(O)S. The third-order valence-corrected chi connectivity index (χ3v) is 5.52. The molecule has 1 aliphatic carbocycles. The van der Waals surface area contributed by atoms with Crippen LogP contribution in [0, 0.1) is 17.8 Å². The van der Waals surface area contributed by atoms with Gasteiger partial charge in [0.05, 0.1) is 6.61 Å². The van der Waals surface area contributed by atoms with Crippen molar-refractivity contribution in [2.75, 3.05) is 6.61 Å². The summed E-state index contributed by atoms with van der Waals surface area (Å²) in [6.07, 6.45) is 11.3. The van der Waals surface area contributed by atoms with E-state index >= 15 is 0 Å². The predicted molar refractivity (Wildman–Crippen MR) is 114 cm³/mol. The molecule has 0 spiro atoms. The number of hydrogen-bond acceptors (Lipinski definition) is 5. The largest absolute Gasteiger partial charge is 0.493 e. The van der Waals surface area contributed by atoms with Gasteiger partial charge in [0.2, 0.25) is 5.12 Å². The molecule has 1 unspecified atom stereocenters. The minimum atomic E-state index is -1.99. The number of carbonyl (C=O) groups is 1. The van der Waals surface area contributed by atoms with Gasteiger partial charge in [0.15, 0.2) is 0 Å². The maximum atomic E-state index is 12.2. The van der Waals surface area contributed by atoms with Crippen LogP contribution in [-0.4, -0.2) is 27.7 Å². The van der Waals surface area contributed by atoms with Gasteiger partial charge in [0.1, 0.15) is 11.5 Å². The zero-order valence-electron chi connectivity index (χ0n) is 16.3. The lowest BCUT2D eigenvalue weighted by atomic mass is 9.91. The number of benzene rings is 1. The van der Waals surface area contributed by atoms with Crippen molar-refractivity contribution in [3.63, 3.8) is 0 Å². The van der Waals surface area contributed by atoms with Crippen molar-refractivity contribution < 1.29 is 19.7 Å². The zero-order valence-corrected chi connectivity index (χ0v) is 17.2. The average molecular weight is 403 g/mol. The van der Waals surface area contributed by atoms with Crippen LogP contribution in [-0.2, 0) is 4.79 Å². The van der Waals surface area contributed by atoms with Gasteiger partial charge in [-0.3, -0.25) is 4.79 Å². The fraction of sp³-hybridized carbons (Fsp3) is 0.478. The number of allylic oxidation sites excluding steroid dienone is 2. The second-order valence-electron chi connectivity index (χ2n) is 7.29. The molecular weight excluding hydrogens is 372 g/mol. The summed E-state index contributed by atoms with van der Waals surface area (Å²) in [5.41, 5.74) is 3.05. The number of para-hydroxylation sites is 1. The molecule has 0 radical (unpaired) electrons. The third-order valence-electron chi connectivity index (χ3n) is 5.07. The molecular formula is C23H30O4S. The van der Waals surface area contributed by atoms with E-state index in [9.17, 15) is 15.0 Å². The smallest absolute Gasteiger partial charge is 0.213 e. The Morgan fingerprint density at radius 2 is 2.07 bits per heavy atom. The quantitative estimate of drug-likeness (QED) is 0.179. The molecule has 4 nitrogen and oxygen atoms in total. The van der Waals surface area contributed by atoms with Crippen molar-refractivity contribution >= 4 is 18.4 Å². The molecule has 0 heterocycles. The first-order valence-electron chi connectivity index (χ1n) is 9.81. The first-order chi connectivity index (χ1) is 13.4. The second-order valence-corrected chi connectivity index (χ2v) is 7.95. The third kappa shape index (κ3) is 7.69. The minimum Gasteiger partial charge on any atom is -0.493 e. The van der Waals surface area contributed by atoms with Crippen LogP contribution in [0.15, 0.2) is 60.4 Å². The van der Waals surface area contributed by atoms with Crippen molar-refractivity contribution in [3.8, 4) is 5.75 Å². The highest BCUT2D eigenvalue weighted by Crippen LogP contribution is 2.32. The summed E-state index contributed by atoms with van der Waals surface area (Å²) in [6, 6.07) is 9.73. The summed E-state index contributed by atoms with van der Waals surface area (Å²) < 4.78 is 5.67. The first kappa shape index (κ1) is 22.5. The van der Waals surface area contributed by atoms with Crippen LogP contribution in [0.25, 0.3) is 0 Å². The second kappa shape index (κ2) is 11.3. The van der Waals surface area contributed by atoms with E-state index < -0.39 is 11.0 Å². The van der Waals surface area contributed by atoms with Crippen LogP contribution in [0.1, 0.15) is 39.0 Å². The van der Waals surface area contributed by atoms with E-state index in [0.29, 0.717) is 31.7 Å². The van der Waals surface area contributed by atoms with Crippen molar-refractivity contribution in [1.29, 1.82) is 0 Å². The van der Waals surface area contributed by atoms with Crippen molar-refractivity contribution in [2.24, 2.45) is 17.8 Å². The molecule has 1 aromatic rings. The average Bonchev–Trinajstić information content (AvgIpc) is 3.01. The van der Waals surface area contributed by atoms with Gasteiger partial charge in [0, 0.05) is 18.3 Å². The van der Waals surface area contributed by atoms with Crippen molar-refractivity contribution in [2.45, 2.75) is 44.1 Å². The Labute approximate surface area is 173 Å². The van der Waals surface area contributed by atoms with Crippen LogP contribution in [0.4, 0.5) is 0 Å². The minimum absolute atomic E-state index is 0.00395. The van der Waals surface area contributed by atoms with Gasteiger partial charge in [-0.05, 0) is 55.9 Å². The van der Waals surface area contributed by atoms with Crippen LogP contribution in [0.5, 0.6) is 5.75 Å². The van der Waals surface area contributed by atoms with Crippen molar-refractivity contribution in [1.82, 2.24) is 0 Å². The Bertz CT molecular complexity index is 699. The van der Waals surface area contributed by atoms with E-state index in [2.05, 4.69) is 30.5 Å². The number of ether oxygens (including phenoxy) is 1. The van der Waals surface area contributed by atoms with Crippen molar-refractivity contribution in [3.05, 3.63) is 60.4 Å². The molecule has 1 saturated carbocycles. The van der Waals surface area contributed by atoms with E-state index in [-0.39, 0.29) is 11.8 Å². The molecule has 28 heavy (non-hydrogen) atoms. The Morgan fingerprint density at radius 1 is 1.32 bits per heavy atom. The Kier molecular flexibility index (Phi) is 9.07. The molecule has 0 saturated heterocycles. The summed E-state index contributed by atoms with van der Waals surface area (Å²) in [5, 5.41) is 16.8. The molecule has 2 rings (SSSR count). The number of hydrogen-bond donors (Lipinski definition) is 3. The summed E-state index contributed by atoms with van der Waals surface area (Å²) in [6.45, 7) is 2.32. The molecule has 0 aliphatic heterocycles. The highest BCUT2D eigenvalue weighted by molar-refractivity contribution is 7.81. The van der Waals surface area contributed by atoms with Gasteiger partial charge in [-0.25, -0.2) is 0 Å². The van der Waals surface area contributed by atoms with Crippen LogP contribution >= 0.6 is 12.6 Å². The lowest BCUT2D eigenvalue weighted by molar-refractivity contribution is -0.120. The molecule has 152 valence electrons.